The van der Waals surface area contributed by atoms with Crippen LogP contribution >= 0.6 is 46.4 Å². The van der Waals surface area contributed by atoms with E-state index in [0.29, 0.717) is 43.4 Å². The molecular weight excluding hydrogens is 484 g/mol. The second kappa shape index (κ2) is 8.78. The fourth-order valence-corrected chi connectivity index (χ4v) is 3.36. The van der Waals surface area contributed by atoms with E-state index in [2.05, 4.69) is 25.3 Å². The molecule has 1 aromatic carbocycles. The van der Waals surface area contributed by atoms with Crippen molar-refractivity contribution in [2.75, 3.05) is 0 Å². The average Bonchev–Trinajstić information content (AvgIpc) is 2.98. The third kappa shape index (κ3) is 4.33. The Hall–Kier alpha value is -1.66. The standard InChI is InChI=1S/C18H9Cl4N5.Fe/c19-9-5-13(21)17(23-7-9)26-15-11-3-1-2-4-12(11)16(25-15)27-18-14(22)6-10(20)8-24-18;/h1-8H,(H,23,24,25,26,27);. The number of amidine groups is 2. The van der Waals surface area contributed by atoms with Crippen LogP contribution in [0.3, 0.4) is 0 Å². The van der Waals surface area contributed by atoms with Crippen LogP contribution in [0.4, 0.5) is 11.6 Å². The number of rotatable bonds is 2. The molecule has 4 rings (SSSR count). The number of aromatic nitrogens is 2. The molecule has 0 amide bonds. The molecule has 0 radical (unpaired) electrons. The van der Waals surface area contributed by atoms with Gasteiger partial charge in [-0.3, -0.25) is 0 Å². The normalized spacial score (nSPS) is 15.3. The Labute approximate surface area is 191 Å². The second-order valence-electron chi connectivity index (χ2n) is 5.51. The number of halogens is 4. The summed E-state index contributed by atoms with van der Waals surface area (Å²) in [6.07, 6.45) is 2.97. The van der Waals surface area contributed by atoms with Crippen molar-refractivity contribution >= 4 is 69.7 Å². The van der Waals surface area contributed by atoms with Gasteiger partial charge in [0.05, 0.1) is 20.1 Å². The van der Waals surface area contributed by atoms with E-state index < -0.39 is 0 Å². The van der Waals surface area contributed by atoms with E-state index in [4.69, 9.17) is 46.4 Å². The first-order chi connectivity index (χ1) is 13.0. The average molecular weight is 493 g/mol. The summed E-state index contributed by atoms with van der Waals surface area (Å²) in [5, 5.41) is 4.75. The molecule has 0 unspecified atom stereocenters. The van der Waals surface area contributed by atoms with Gasteiger partial charge in [0.15, 0.2) is 11.6 Å². The number of hydrogen-bond donors (Lipinski definition) is 1. The fraction of sp³-hybridized carbons (Fsp3) is 0. The molecule has 1 aliphatic rings. The molecule has 0 fully saturated rings. The maximum atomic E-state index is 6.18. The van der Waals surface area contributed by atoms with Crippen molar-refractivity contribution in [2.24, 2.45) is 9.98 Å². The quantitative estimate of drug-likeness (QED) is 0.457. The van der Waals surface area contributed by atoms with Crippen LogP contribution in [0.1, 0.15) is 11.1 Å². The van der Waals surface area contributed by atoms with Crippen LogP contribution in [0.2, 0.25) is 20.1 Å². The van der Waals surface area contributed by atoms with Gasteiger partial charge < -0.3 is 5.32 Å². The molecule has 0 saturated carbocycles. The van der Waals surface area contributed by atoms with Gasteiger partial charge in [-0.15, -0.1) is 0 Å². The van der Waals surface area contributed by atoms with Gasteiger partial charge in [0, 0.05) is 40.6 Å². The Morgan fingerprint density at radius 1 is 0.714 bits per heavy atom. The Bertz CT molecular complexity index is 1030. The molecule has 1 aliphatic heterocycles. The minimum atomic E-state index is 0. The summed E-state index contributed by atoms with van der Waals surface area (Å²) < 4.78 is 0. The molecule has 3 heterocycles. The van der Waals surface area contributed by atoms with E-state index in [9.17, 15) is 0 Å². The van der Waals surface area contributed by atoms with Gasteiger partial charge >= 0.3 is 0 Å². The monoisotopic (exact) mass is 491 g/mol. The van der Waals surface area contributed by atoms with Crippen LogP contribution in [-0.4, -0.2) is 21.6 Å². The number of nitrogens with zero attached hydrogens (tertiary/aromatic N) is 4. The number of fused-ring (bicyclic) bond motifs is 1. The molecule has 0 spiro atoms. The number of benzene rings is 1. The van der Waals surface area contributed by atoms with Crippen LogP contribution in [0.25, 0.3) is 0 Å². The summed E-state index contributed by atoms with van der Waals surface area (Å²) in [5.41, 5.74) is 1.71. The molecule has 10 heteroatoms. The van der Waals surface area contributed by atoms with Gasteiger partial charge in [-0.2, -0.15) is 0 Å². The third-order valence-electron chi connectivity index (χ3n) is 3.69. The van der Waals surface area contributed by atoms with Gasteiger partial charge in [-0.1, -0.05) is 70.7 Å². The molecule has 5 nitrogen and oxygen atoms in total. The summed E-state index contributed by atoms with van der Waals surface area (Å²) in [5.74, 6) is 1.82. The second-order valence-corrected chi connectivity index (χ2v) is 7.20. The minimum Gasteiger partial charge on any atom is -0.324 e. The van der Waals surface area contributed by atoms with Gasteiger partial charge in [0.1, 0.15) is 11.7 Å². The number of nitrogens with one attached hydrogen (secondary N) is 1. The summed E-state index contributed by atoms with van der Waals surface area (Å²) >= 11 is 24.2. The number of aliphatic imine (C=N–C) groups is 2. The predicted octanol–water partition coefficient (Wildman–Crippen LogP) is 5.85. The molecule has 28 heavy (non-hydrogen) atoms. The molecule has 3 aromatic rings. The van der Waals surface area contributed by atoms with Crippen LogP contribution in [0.15, 0.2) is 58.8 Å². The van der Waals surface area contributed by atoms with Gasteiger partial charge in [0.2, 0.25) is 0 Å². The van der Waals surface area contributed by atoms with E-state index in [-0.39, 0.29) is 17.1 Å². The Balaban J connectivity index is 0.00000225. The predicted molar refractivity (Wildman–Crippen MR) is 110 cm³/mol. The first-order valence-corrected chi connectivity index (χ1v) is 9.19. The zero-order chi connectivity index (χ0) is 19.0. The summed E-state index contributed by atoms with van der Waals surface area (Å²) in [6, 6.07) is 10.8. The van der Waals surface area contributed by atoms with E-state index >= 15 is 0 Å². The Morgan fingerprint density at radius 2 is 1.14 bits per heavy atom. The topological polar surface area (TPSA) is 62.5 Å². The maximum Gasteiger partial charge on any atom is 0.173 e. The molecule has 2 aromatic heterocycles. The van der Waals surface area contributed by atoms with Crippen LogP contribution in [0.5, 0.6) is 0 Å². The smallest absolute Gasteiger partial charge is 0.173 e. The van der Waals surface area contributed by atoms with E-state index in [1.165, 1.54) is 12.4 Å². The van der Waals surface area contributed by atoms with Crippen molar-refractivity contribution in [1.29, 1.82) is 0 Å². The van der Waals surface area contributed by atoms with Crippen molar-refractivity contribution in [1.82, 2.24) is 15.3 Å². The molecule has 0 bridgehead atoms. The SMILES string of the molecule is Clc1cnc(/N=C2\N/C(=N/c3ncc(Cl)cc3Cl)c3ccccc32)c(Cl)c1.[Fe]. The van der Waals surface area contributed by atoms with Crippen LogP contribution in [-0.2, 0) is 17.1 Å². The van der Waals surface area contributed by atoms with Crippen molar-refractivity contribution in [3.63, 3.8) is 0 Å². The fourth-order valence-electron chi connectivity index (χ4n) is 2.51. The minimum absolute atomic E-state index is 0. The maximum absolute atomic E-state index is 6.18. The van der Waals surface area contributed by atoms with Gasteiger partial charge in [0.25, 0.3) is 0 Å². The molecule has 0 saturated heterocycles. The van der Waals surface area contributed by atoms with E-state index in [0.717, 1.165) is 11.1 Å². The largest absolute Gasteiger partial charge is 0.324 e. The zero-order valence-corrected chi connectivity index (χ0v) is 17.9. The molecule has 0 aliphatic carbocycles. The summed E-state index contributed by atoms with van der Waals surface area (Å²) in [7, 11) is 0. The van der Waals surface area contributed by atoms with Crippen molar-refractivity contribution < 1.29 is 17.1 Å². The molecule has 142 valence electrons. The number of pyridine rings is 2. The molecule has 0 atom stereocenters. The van der Waals surface area contributed by atoms with E-state index in [1.807, 2.05) is 24.3 Å². The van der Waals surface area contributed by atoms with Gasteiger partial charge in [-0.05, 0) is 12.1 Å². The van der Waals surface area contributed by atoms with Gasteiger partial charge in [-0.25, -0.2) is 20.0 Å². The van der Waals surface area contributed by atoms with Crippen molar-refractivity contribution in [2.45, 2.75) is 0 Å². The Kier molecular flexibility index (Phi) is 6.61. The summed E-state index contributed by atoms with van der Waals surface area (Å²) in [6.45, 7) is 0. The number of hydrogen-bond acceptors (Lipinski definition) is 4. The van der Waals surface area contributed by atoms with Crippen LogP contribution < -0.4 is 5.32 Å². The van der Waals surface area contributed by atoms with Crippen molar-refractivity contribution in [3.8, 4) is 0 Å². The molecular formula is C18H9Cl4FeN5. The van der Waals surface area contributed by atoms with E-state index in [1.54, 1.807) is 12.1 Å². The molecule has 1 N–H and O–H groups in total. The van der Waals surface area contributed by atoms with Crippen LogP contribution in [0, 0.1) is 0 Å². The van der Waals surface area contributed by atoms with Crippen molar-refractivity contribution in [3.05, 3.63) is 80.0 Å². The first-order valence-electron chi connectivity index (χ1n) is 7.67. The Morgan fingerprint density at radius 3 is 1.54 bits per heavy atom. The third-order valence-corrected chi connectivity index (χ3v) is 4.66. The summed E-state index contributed by atoms with van der Waals surface area (Å²) in [4.78, 5) is 17.4. The zero-order valence-electron chi connectivity index (χ0n) is 13.8. The first kappa shape index (κ1) is 21.1.